The molecule has 1 saturated carbocycles. The van der Waals surface area contributed by atoms with Gasteiger partial charge in [0.1, 0.15) is 11.6 Å². The number of benzene rings is 1. The second-order valence-electron chi connectivity index (χ2n) is 9.53. The molecule has 0 unspecified atom stereocenters. The standard InChI is InChI=1S/C26H36N6O/c1-20-25(19-31(21-7-8-21)18-23-6-5-13-29(23)3)26(30-16-14-28(2)15-17-30)32(27-20)22-9-11-24(33-4)12-10-22/h5-6,9-13,21H,7-8,14-19H2,1-4H3. The van der Waals surface area contributed by atoms with Gasteiger partial charge in [-0.1, -0.05) is 0 Å². The fraction of sp³-hybridized carbons (Fsp3) is 0.500. The molecule has 1 saturated heterocycles. The lowest BCUT2D eigenvalue weighted by molar-refractivity contribution is 0.239. The highest BCUT2D eigenvalue weighted by molar-refractivity contribution is 5.56. The fourth-order valence-corrected chi connectivity index (χ4v) is 4.80. The second-order valence-corrected chi connectivity index (χ2v) is 9.53. The minimum Gasteiger partial charge on any atom is -0.497 e. The van der Waals surface area contributed by atoms with E-state index < -0.39 is 0 Å². The second kappa shape index (κ2) is 9.23. The van der Waals surface area contributed by atoms with Crippen LogP contribution in [0.3, 0.4) is 0 Å². The first kappa shape index (κ1) is 22.0. The van der Waals surface area contributed by atoms with Gasteiger partial charge in [-0.15, -0.1) is 0 Å². The van der Waals surface area contributed by atoms with Crippen molar-refractivity contribution >= 4 is 5.82 Å². The van der Waals surface area contributed by atoms with E-state index in [1.807, 2.05) is 12.1 Å². The van der Waals surface area contributed by atoms with E-state index in [1.165, 1.54) is 29.9 Å². The Morgan fingerprint density at radius 3 is 2.33 bits per heavy atom. The first-order valence-electron chi connectivity index (χ1n) is 12.0. The molecule has 176 valence electrons. The molecule has 1 aliphatic carbocycles. The molecule has 0 atom stereocenters. The third-order valence-electron chi connectivity index (χ3n) is 7.12. The maximum Gasteiger partial charge on any atom is 0.137 e. The smallest absolute Gasteiger partial charge is 0.137 e. The zero-order chi connectivity index (χ0) is 22.9. The van der Waals surface area contributed by atoms with Gasteiger partial charge in [0.15, 0.2) is 0 Å². The first-order chi connectivity index (χ1) is 16.0. The molecule has 2 aliphatic rings. The Morgan fingerprint density at radius 1 is 1.00 bits per heavy atom. The van der Waals surface area contributed by atoms with Crippen molar-refractivity contribution in [2.45, 2.75) is 38.9 Å². The Morgan fingerprint density at radius 2 is 1.73 bits per heavy atom. The molecule has 7 heteroatoms. The van der Waals surface area contributed by atoms with Gasteiger partial charge in [-0.05, 0) is 63.2 Å². The highest BCUT2D eigenvalue weighted by Crippen LogP contribution is 2.35. The van der Waals surface area contributed by atoms with Gasteiger partial charge in [-0.25, -0.2) is 4.68 Å². The number of piperazine rings is 1. The summed E-state index contributed by atoms with van der Waals surface area (Å²) in [5, 5.41) is 5.07. The molecule has 7 nitrogen and oxygen atoms in total. The summed E-state index contributed by atoms with van der Waals surface area (Å²) in [5.74, 6) is 2.12. The third-order valence-corrected chi connectivity index (χ3v) is 7.12. The Bertz CT molecular complexity index is 1070. The number of likely N-dealkylation sites (N-methyl/N-ethyl adjacent to an activating group) is 1. The number of methoxy groups -OCH3 is 1. The van der Waals surface area contributed by atoms with E-state index in [9.17, 15) is 0 Å². The van der Waals surface area contributed by atoms with Crippen LogP contribution in [0.15, 0.2) is 42.6 Å². The van der Waals surface area contributed by atoms with Crippen LogP contribution in [-0.2, 0) is 20.1 Å². The Kier molecular flexibility index (Phi) is 6.17. The van der Waals surface area contributed by atoms with E-state index in [2.05, 4.69) is 75.4 Å². The van der Waals surface area contributed by atoms with Crippen LogP contribution < -0.4 is 9.64 Å². The van der Waals surface area contributed by atoms with Gasteiger partial charge in [-0.2, -0.15) is 5.10 Å². The molecule has 5 rings (SSSR count). The predicted molar refractivity (Wildman–Crippen MR) is 132 cm³/mol. The summed E-state index contributed by atoms with van der Waals surface area (Å²) >= 11 is 0. The van der Waals surface area contributed by atoms with Crippen molar-refractivity contribution in [2.75, 3.05) is 45.2 Å². The molecule has 0 spiro atoms. The van der Waals surface area contributed by atoms with Crippen molar-refractivity contribution in [3.8, 4) is 11.4 Å². The number of rotatable bonds is 8. The van der Waals surface area contributed by atoms with E-state index in [1.54, 1.807) is 7.11 Å². The lowest BCUT2D eigenvalue weighted by Gasteiger charge is -2.35. The van der Waals surface area contributed by atoms with Gasteiger partial charge in [0.05, 0.1) is 18.5 Å². The summed E-state index contributed by atoms with van der Waals surface area (Å²) < 4.78 is 9.78. The molecule has 2 fully saturated rings. The van der Waals surface area contributed by atoms with E-state index in [0.717, 1.165) is 56.4 Å². The largest absolute Gasteiger partial charge is 0.497 e. The number of ether oxygens (including phenoxy) is 1. The van der Waals surface area contributed by atoms with Crippen LogP contribution in [0.4, 0.5) is 5.82 Å². The SMILES string of the molecule is COc1ccc(-n2nc(C)c(CN(Cc3cccn3C)C3CC3)c2N2CCN(C)CC2)cc1. The molecule has 1 aliphatic heterocycles. The fourth-order valence-electron chi connectivity index (χ4n) is 4.80. The molecule has 0 radical (unpaired) electrons. The van der Waals surface area contributed by atoms with Crippen LogP contribution in [0.5, 0.6) is 5.75 Å². The summed E-state index contributed by atoms with van der Waals surface area (Å²) in [6.07, 6.45) is 4.73. The zero-order valence-electron chi connectivity index (χ0n) is 20.4. The summed E-state index contributed by atoms with van der Waals surface area (Å²) in [6.45, 7) is 8.26. The number of anilines is 1. The maximum atomic E-state index is 5.38. The molecule has 0 N–H and O–H groups in total. The van der Waals surface area contributed by atoms with E-state index in [0.29, 0.717) is 6.04 Å². The van der Waals surface area contributed by atoms with Gasteiger partial charge in [0, 0.05) is 69.8 Å². The van der Waals surface area contributed by atoms with Crippen molar-refractivity contribution in [1.29, 1.82) is 0 Å². The van der Waals surface area contributed by atoms with Crippen molar-refractivity contribution < 1.29 is 4.74 Å². The number of aromatic nitrogens is 3. The van der Waals surface area contributed by atoms with Crippen LogP contribution in [0.1, 0.15) is 29.8 Å². The minimum atomic E-state index is 0.670. The summed E-state index contributed by atoms with van der Waals surface area (Å²) in [7, 11) is 6.06. The van der Waals surface area contributed by atoms with Gasteiger partial charge < -0.3 is 19.1 Å². The minimum absolute atomic E-state index is 0.670. The monoisotopic (exact) mass is 448 g/mol. The molecule has 0 bridgehead atoms. The predicted octanol–water partition coefficient (Wildman–Crippen LogP) is 3.44. The normalized spacial score (nSPS) is 17.2. The lowest BCUT2D eigenvalue weighted by Crippen LogP contribution is -2.45. The van der Waals surface area contributed by atoms with Gasteiger partial charge in [0.2, 0.25) is 0 Å². The molecule has 33 heavy (non-hydrogen) atoms. The van der Waals surface area contributed by atoms with E-state index in [4.69, 9.17) is 9.84 Å². The topological polar surface area (TPSA) is 41.7 Å². The molecule has 2 aromatic heterocycles. The maximum absolute atomic E-state index is 5.38. The highest BCUT2D eigenvalue weighted by Gasteiger charge is 2.32. The van der Waals surface area contributed by atoms with E-state index in [-0.39, 0.29) is 0 Å². The van der Waals surface area contributed by atoms with Crippen molar-refractivity contribution in [3.05, 3.63) is 59.5 Å². The Balaban J connectivity index is 1.51. The van der Waals surface area contributed by atoms with Crippen LogP contribution in [0.25, 0.3) is 5.69 Å². The van der Waals surface area contributed by atoms with E-state index >= 15 is 0 Å². The molecule has 3 aromatic rings. The quantitative estimate of drug-likeness (QED) is 0.528. The molecule has 3 heterocycles. The van der Waals surface area contributed by atoms with Gasteiger partial charge >= 0.3 is 0 Å². The number of nitrogens with zero attached hydrogens (tertiary/aromatic N) is 6. The highest BCUT2D eigenvalue weighted by atomic mass is 16.5. The van der Waals surface area contributed by atoms with Gasteiger partial charge in [0.25, 0.3) is 0 Å². The average Bonchev–Trinajstić information content (AvgIpc) is 3.53. The average molecular weight is 449 g/mol. The van der Waals surface area contributed by atoms with Crippen LogP contribution in [-0.4, -0.2) is 70.5 Å². The zero-order valence-corrected chi connectivity index (χ0v) is 20.4. The van der Waals surface area contributed by atoms with Crippen LogP contribution >= 0.6 is 0 Å². The Labute approximate surface area is 197 Å². The summed E-state index contributed by atoms with van der Waals surface area (Å²) in [6, 6.07) is 13.3. The van der Waals surface area contributed by atoms with Crippen molar-refractivity contribution in [1.82, 2.24) is 24.1 Å². The van der Waals surface area contributed by atoms with Crippen molar-refractivity contribution in [2.24, 2.45) is 7.05 Å². The molecular weight excluding hydrogens is 412 g/mol. The van der Waals surface area contributed by atoms with Crippen molar-refractivity contribution in [3.63, 3.8) is 0 Å². The summed E-state index contributed by atoms with van der Waals surface area (Å²) in [4.78, 5) is 7.59. The van der Waals surface area contributed by atoms with Crippen LogP contribution in [0, 0.1) is 6.92 Å². The third kappa shape index (κ3) is 4.66. The number of hydrogen-bond acceptors (Lipinski definition) is 5. The lowest BCUT2D eigenvalue weighted by atomic mass is 10.1. The van der Waals surface area contributed by atoms with Gasteiger partial charge in [-0.3, -0.25) is 4.90 Å². The molecule has 1 aromatic carbocycles. The first-order valence-corrected chi connectivity index (χ1v) is 12.0. The summed E-state index contributed by atoms with van der Waals surface area (Å²) in [5.41, 5.74) is 4.93. The number of hydrogen-bond donors (Lipinski definition) is 0. The number of aryl methyl sites for hydroxylation is 2. The Hall–Kier alpha value is -2.77. The molecular formula is C26H36N6O. The molecule has 0 amide bonds. The van der Waals surface area contributed by atoms with Crippen LogP contribution in [0.2, 0.25) is 0 Å².